The summed E-state index contributed by atoms with van der Waals surface area (Å²) in [5.41, 5.74) is 1.07. The van der Waals surface area contributed by atoms with Crippen LogP contribution in [0.1, 0.15) is 103 Å². The first kappa shape index (κ1) is 36.1. The highest BCUT2D eigenvalue weighted by atomic mass is 16.2. The Morgan fingerprint density at radius 3 is 2.35 bits per heavy atom. The SMILES string of the molecule is CCC1=C2CC[C@H]3CN(C(=O)[C@@H](NC(=O)[C@@H](NC(=O)c4cnccn4)C4CCCC4)C(C)(C)C)[C@H](C(=O)N[C@@H]1C(=O)C(=O)N[C@@H](C)CC)[C@@H]23. The average molecular weight is 678 g/mol. The number of ketones is 1. The highest BCUT2D eigenvalue weighted by molar-refractivity contribution is 6.39. The smallest absolute Gasteiger partial charge is 0.290 e. The van der Waals surface area contributed by atoms with Crippen LogP contribution in [0.5, 0.6) is 0 Å². The number of nitrogens with zero attached hydrogens (tertiary/aromatic N) is 3. The van der Waals surface area contributed by atoms with Gasteiger partial charge in [0.05, 0.1) is 6.20 Å². The van der Waals surface area contributed by atoms with Gasteiger partial charge in [-0.2, -0.15) is 0 Å². The van der Waals surface area contributed by atoms with E-state index >= 15 is 0 Å². The summed E-state index contributed by atoms with van der Waals surface area (Å²) in [5.74, 6) is -3.67. The van der Waals surface area contributed by atoms with Gasteiger partial charge in [0.25, 0.3) is 11.8 Å². The van der Waals surface area contributed by atoms with Crippen molar-refractivity contribution in [3.8, 4) is 0 Å². The van der Waals surface area contributed by atoms with Crippen molar-refractivity contribution in [2.45, 2.75) is 123 Å². The lowest BCUT2D eigenvalue weighted by atomic mass is 9.84. The zero-order chi connectivity index (χ0) is 35.6. The summed E-state index contributed by atoms with van der Waals surface area (Å²) in [6.45, 7) is 11.5. The van der Waals surface area contributed by atoms with Crippen LogP contribution < -0.4 is 21.3 Å². The summed E-state index contributed by atoms with van der Waals surface area (Å²) < 4.78 is 0. The molecule has 1 aromatic heterocycles. The largest absolute Gasteiger partial charge is 0.347 e. The van der Waals surface area contributed by atoms with E-state index in [1.807, 2.05) is 41.5 Å². The predicted molar refractivity (Wildman–Crippen MR) is 180 cm³/mol. The van der Waals surface area contributed by atoms with Gasteiger partial charge < -0.3 is 26.2 Å². The second-order valence-electron chi connectivity index (χ2n) is 15.1. The molecule has 2 aliphatic carbocycles. The Kier molecular flexibility index (Phi) is 10.9. The van der Waals surface area contributed by atoms with Crippen LogP contribution in [0.2, 0.25) is 0 Å². The van der Waals surface area contributed by atoms with Crippen molar-refractivity contribution < 1.29 is 28.8 Å². The van der Waals surface area contributed by atoms with E-state index in [1.54, 1.807) is 4.90 Å². The van der Waals surface area contributed by atoms with Gasteiger partial charge in [-0.05, 0) is 68.3 Å². The molecule has 49 heavy (non-hydrogen) atoms. The molecule has 0 spiro atoms. The maximum atomic E-state index is 14.6. The molecule has 0 bridgehead atoms. The molecule has 1 saturated heterocycles. The van der Waals surface area contributed by atoms with E-state index in [2.05, 4.69) is 31.2 Å². The van der Waals surface area contributed by atoms with E-state index in [9.17, 15) is 28.8 Å². The molecule has 3 heterocycles. The van der Waals surface area contributed by atoms with Gasteiger partial charge in [0.15, 0.2) is 0 Å². The summed E-state index contributed by atoms with van der Waals surface area (Å²) in [6, 6.07) is -4.07. The van der Waals surface area contributed by atoms with E-state index in [4.69, 9.17) is 0 Å². The number of hydrogen-bond acceptors (Lipinski definition) is 8. The molecule has 2 saturated carbocycles. The lowest BCUT2D eigenvalue weighted by molar-refractivity contribution is -0.145. The van der Waals surface area contributed by atoms with Gasteiger partial charge in [0.1, 0.15) is 29.9 Å². The van der Waals surface area contributed by atoms with Crippen LogP contribution >= 0.6 is 0 Å². The van der Waals surface area contributed by atoms with Crippen LogP contribution in [0, 0.1) is 23.2 Å². The van der Waals surface area contributed by atoms with Crippen LogP contribution in [0.3, 0.4) is 0 Å². The van der Waals surface area contributed by atoms with E-state index < -0.39 is 64.9 Å². The number of Topliss-reactive ketones (excluding diaryl/α,β-unsaturated/α-hetero) is 1. The molecular weight excluding hydrogens is 626 g/mol. The zero-order valence-electron chi connectivity index (χ0n) is 29.5. The van der Waals surface area contributed by atoms with Gasteiger partial charge in [0, 0.05) is 30.9 Å². The average Bonchev–Trinajstić information content (AvgIpc) is 3.81. The Balaban J connectivity index is 1.40. The molecule has 5 amide bonds. The van der Waals surface area contributed by atoms with Gasteiger partial charge in [-0.15, -0.1) is 0 Å². The molecule has 0 radical (unpaired) electrons. The van der Waals surface area contributed by atoms with E-state index in [0.29, 0.717) is 25.8 Å². The number of amides is 5. The molecule has 1 aromatic rings. The van der Waals surface area contributed by atoms with Crippen molar-refractivity contribution in [1.82, 2.24) is 36.1 Å². The molecule has 0 unspecified atom stereocenters. The number of hydrogen-bond donors (Lipinski definition) is 4. The predicted octanol–water partition coefficient (Wildman–Crippen LogP) is 2.22. The van der Waals surface area contributed by atoms with Crippen molar-refractivity contribution in [3.05, 3.63) is 35.4 Å². The van der Waals surface area contributed by atoms with Crippen LogP contribution in [0.4, 0.5) is 0 Å². The van der Waals surface area contributed by atoms with Crippen molar-refractivity contribution >= 4 is 35.3 Å². The number of carbonyl (C=O) groups is 6. The molecule has 3 fully saturated rings. The van der Waals surface area contributed by atoms with Crippen LogP contribution in [-0.2, 0) is 24.0 Å². The maximum absolute atomic E-state index is 14.6. The number of aromatic nitrogens is 2. The lowest BCUT2D eigenvalue weighted by Crippen LogP contribution is -2.62. The molecule has 4 N–H and O–H groups in total. The van der Waals surface area contributed by atoms with Crippen molar-refractivity contribution in [1.29, 1.82) is 0 Å². The van der Waals surface area contributed by atoms with Gasteiger partial charge in [0.2, 0.25) is 23.5 Å². The minimum atomic E-state index is -1.10. The normalized spacial score (nSPS) is 25.5. The highest BCUT2D eigenvalue weighted by Crippen LogP contribution is 2.49. The molecule has 266 valence electrons. The van der Waals surface area contributed by atoms with E-state index in [-0.39, 0.29) is 29.5 Å². The minimum absolute atomic E-state index is 0.00729. The zero-order valence-corrected chi connectivity index (χ0v) is 29.5. The Hall–Kier alpha value is -4.16. The second-order valence-corrected chi connectivity index (χ2v) is 15.1. The van der Waals surface area contributed by atoms with Gasteiger partial charge in [-0.25, -0.2) is 4.98 Å². The Bertz CT molecular complexity index is 1500. The topological polar surface area (TPSA) is 180 Å². The molecule has 0 aromatic carbocycles. The van der Waals surface area contributed by atoms with Crippen LogP contribution in [0.25, 0.3) is 0 Å². The van der Waals surface area contributed by atoms with E-state index in [0.717, 1.165) is 43.3 Å². The van der Waals surface area contributed by atoms with E-state index in [1.165, 1.54) is 18.6 Å². The van der Waals surface area contributed by atoms with Crippen molar-refractivity contribution in [2.24, 2.45) is 23.2 Å². The first-order valence-electron chi connectivity index (χ1n) is 17.8. The Morgan fingerprint density at radius 1 is 1.02 bits per heavy atom. The fourth-order valence-electron chi connectivity index (χ4n) is 8.14. The first-order chi connectivity index (χ1) is 23.3. The number of likely N-dealkylation sites (tertiary alicyclic amines) is 1. The summed E-state index contributed by atoms with van der Waals surface area (Å²) in [6.07, 6.45) is 10.2. The number of nitrogens with one attached hydrogen (secondary N) is 4. The monoisotopic (exact) mass is 677 g/mol. The first-order valence-corrected chi connectivity index (χ1v) is 17.8. The van der Waals surface area contributed by atoms with Gasteiger partial charge in [-0.3, -0.25) is 33.8 Å². The summed E-state index contributed by atoms with van der Waals surface area (Å²) in [5, 5.41) is 11.4. The van der Waals surface area contributed by atoms with Crippen LogP contribution in [0.15, 0.2) is 29.7 Å². The third-order valence-electron chi connectivity index (χ3n) is 10.9. The van der Waals surface area contributed by atoms with Gasteiger partial charge >= 0.3 is 0 Å². The quantitative estimate of drug-likeness (QED) is 0.203. The molecule has 2 aliphatic heterocycles. The molecule has 5 rings (SSSR count). The fraction of sp³-hybridized carbons (Fsp3) is 0.667. The maximum Gasteiger partial charge on any atom is 0.290 e. The third-order valence-corrected chi connectivity index (χ3v) is 10.9. The standard InChI is InChI=1S/C36H51N7O6/c1-7-19(3)39-34(48)29(44)27-22(8-2)23-14-13-21-18-43(28(25(21)23)33(47)41-27)35(49)30(36(4,5)6)42-32(46)26(20-11-9-10-12-20)40-31(45)24-17-37-15-16-38-24/h15-17,19-21,25-28,30H,7-14,18H2,1-6H3,(H,39,48)(H,40,45)(H,41,47)(H,42,46)/t19-,21-,25+,26-,27-,28-,30+/m0/s1. The highest BCUT2D eigenvalue weighted by Gasteiger charge is 2.56. The van der Waals surface area contributed by atoms with Crippen molar-refractivity contribution in [3.63, 3.8) is 0 Å². The molecule has 4 aliphatic rings. The number of rotatable bonds is 11. The molecule has 7 atom stereocenters. The summed E-state index contributed by atoms with van der Waals surface area (Å²) in [7, 11) is 0. The van der Waals surface area contributed by atoms with Crippen LogP contribution in [-0.4, -0.2) is 86.9 Å². The van der Waals surface area contributed by atoms with Crippen molar-refractivity contribution in [2.75, 3.05) is 6.54 Å². The Labute approximate surface area is 288 Å². The lowest BCUT2D eigenvalue weighted by Gasteiger charge is -2.37. The summed E-state index contributed by atoms with van der Waals surface area (Å²) in [4.78, 5) is 91.9. The second kappa shape index (κ2) is 14.8. The molecule has 13 nitrogen and oxygen atoms in total. The third kappa shape index (κ3) is 7.40. The molecule has 13 heteroatoms. The number of carbonyl (C=O) groups excluding carboxylic acids is 6. The minimum Gasteiger partial charge on any atom is -0.347 e. The summed E-state index contributed by atoms with van der Waals surface area (Å²) >= 11 is 0. The van der Waals surface area contributed by atoms with Gasteiger partial charge in [-0.1, -0.05) is 53.0 Å². The fourth-order valence-corrected chi connectivity index (χ4v) is 8.14. The Morgan fingerprint density at radius 2 is 1.73 bits per heavy atom. The molecular formula is C36H51N7O6.